The molecule has 0 amide bonds. The standard InChI is InChI=1S/C33H26O2/c1-32-26-16-10-9-15-24(26)29-25-19-22(34)17-18-23(25)27(20-11-5-3-6-12-20)30(33(29,2)31(32)35)28(32)21-13-7-4-8-14-21/h3-18,25,29H,19H2,1-2H3/t25-,29+,32-,33+/m0/s1. The molecular formula is C33H26O2. The van der Waals surface area contributed by atoms with Gasteiger partial charge in [0.05, 0.1) is 10.8 Å². The Morgan fingerprint density at radius 1 is 0.714 bits per heavy atom. The number of allylic oxidation sites excluding steroid dienone is 6. The van der Waals surface area contributed by atoms with E-state index in [9.17, 15) is 9.59 Å². The lowest BCUT2D eigenvalue weighted by atomic mass is 9.50. The van der Waals surface area contributed by atoms with E-state index in [1.165, 1.54) is 11.1 Å². The molecule has 2 nitrogen and oxygen atoms in total. The van der Waals surface area contributed by atoms with E-state index in [1.807, 2.05) is 24.3 Å². The molecule has 0 unspecified atom stereocenters. The maximum atomic E-state index is 14.8. The van der Waals surface area contributed by atoms with Gasteiger partial charge < -0.3 is 0 Å². The molecule has 0 aromatic heterocycles. The Bertz CT molecular complexity index is 1520. The zero-order valence-electron chi connectivity index (χ0n) is 19.9. The smallest absolute Gasteiger partial charge is 0.158 e. The maximum absolute atomic E-state index is 14.8. The molecule has 35 heavy (non-hydrogen) atoms. The van der Waals surface area contributed by atoms with Crippen LogP contribution in [0, 0.1) is 11.3 Å². The number of Topliss-reactive ketones (excluding diaryl/α,β-unsaturated/α-hetero) is 1. The minimum absolute atomic E-state index is 0.0266. The Morgan fingerprint density at radius 2 is 1.34 bits per heavy atom. The monoisotopic (exact) mass is 454 g/mol. The zero-order valence-corrected chi connectivity index (χ0v) is 19.9. The SMILES string of the molecule is C[C@@]12C(=O)[C@@]3(C)C(=C1c1ccccc1)C(c1ccccc1)=C1C=CC(=O)C[C@@H]1[C@H]3c1ccccc12. The molecule has 2 heteroatoms. The zero-order chi connectivity index (χ0) is 23.9. The first-order valence-corrected chi connectivity index (χ1v) is 12.4. The fraction of sp³-hybridized carbons (Fsp3) is 0.212. The second kappa shape index (κ2) is 6.88. The van der Waals surface area contributed by atoms with Crippen LogP contribution >= 0.6 is 0 Å². The number of hydrogen-bond donors (Lipinski definition) is 0. The second-order valence-corrected chi connectivity index (χ2v) is 10.6. The summed E-state index contributed by atoms with van der Waals surface area (Å²) in [5.41, 5.74) is 7.67. The van der Waals surface area contributed by atoms with Crippen molar-refractivity contribution in [3.05, 3.63) is 130 Å². The van der Waals surface area contributed by atoms with Gasteiger partial charge in [-0.3, -0.25) is 9.59 Å². The minimum atomic E-state index is -0.750. The average Bonchev–Trinajstić information content (AvgIpc) is 3.04. The largest absolute Gasteiger partial charge is 0.297 e. The highest BCUT2D eigenvalue weighted by atomic mass is 16.1. The molecule has 4 aliphatic rings. The molecular weight excluding hydrogens is 428 g/mol. The highest BCUT2D eigenvalue weighted by Crippen LogP contribution is 2.72. The van der Waals surface area contributed by atoms with Crippen LogP contribution in [0.25, 0.3) is 11.1 Å². The van der Waals surface area contributed by atoms with Gasteiger partial charge in [-0.1, -0.05) is 91.0 Å². The highest BCUT2D eigenvalue weighted by Gasteiger charge is 2.68. The Kier molecular flexibility index (Phi) is 4.05. The summed E-state index contributed by atoms with van der Waals surface area (Å²) in [7, 11) is 0. The summed E-state index contributed by atoms with van der Waals surface area (Å²) >= 11 is 0. The van der Waals surface area contributed by atoms with Crippen molar-refractivity contribution >= 4 is 22.7 Å². The number of ketones is 2. The van der Waals surface area contributed by atoms with Crippen LogP contribution in [0.2, 0.25) is 0 Å². The summed E-state index contributed by atoms with van der Waals surface area (Å²) in [6.07, 6.45) is 4.21. The van der Waals surface area contributed by atoms with Gasteiger partial charge in [0.15, 0.2) is 11.6 Å². The number of benzene rings is 3. The summed E-state index contributed by atoms with van der Waals surface area (Å²) < 4.78 is 0. The van der Waals surface area contributed by atoms with Gasteiger partial charge in [-0.15, -0.1) is 0 Å². The third kappa shape index (κ3) is 2.40. The van der Waals surface area contributed by atoms with Gasteiger partial charge in [0.2, 0.25) is 0 Å². The van der Waals surface area contributed by atoms with Crippen LogP contribution in [0.5, 0.6) is 0 Å². The highest BCUT2D eigenvalue weighted by molar-refractivity contribution is 6.21. The van der Waals surface area contributed by atoms with Gasteiger partial charge in [0, 0.05) is 12.3 Å². The van der Waals surface area contributed by atoms with E-state index in [0.717, 1.165) is 33.4 Å². The molecule has 0 aliphatic heterocycles. The lowest BCUT2D eigenvalue weighted by Crippen LogP contribution is -2.50. The van der Waals surface area contributed by atoms with Crippen molar-refractivity contribution < 1.29 is 9.59 Å². The molecule has 0 saturated carbocycles. The van der Waals surface area contributed by atoms with E-state index in [2.05, 4.69) is 80.6 Å². The number of carbonyl (C=O) groups is 2. The van der Waals surface area contributed by atoms with Crippen molar-refractivity contribution in [3.8, 4) is 0 Å². The van der Waals surface area contributed by atoms with Crippen molar-refractivity contribution in [1.82, 2.24) is 0 Å². The van der Waals surface area contributed by atoms with Crippen LogP contribution in [-0.2, 0) is 15.0 Å². The van der Waals surface area contributed by atoms with Crippen LogP contribution < -0.4 is 0 Å². The maximum Gasteiger partial charge on any atom is 0.158 e. The van der Waals surface area contributed by atoms with E-state index in [0.29, 0.717) is 6.42 Å². The van der Waals surface area contributed by atoms with Gasteiger partial charge in [-0.2, -0.15) is 0 Å². The third-order valence-corrected chi connectivity index (χ3v) is 8.99. The lowest BCUT2D eigenvalue weighted by molar-refractivity contribution is -0.131. The number of rotatable bonds is 2. The molecule has 3 aromatic rings. The second-order valence-electron chi connectivity index (χ2n) is 10.6. The van der Waals surface area contributed by atoms with E-state index in [-0.39, 0.29) is 23.4 Å². The van der Waals surface area contributed by atoms with E-state index in [1.54, 1.807) is 6.08 Å². The van der Waals surface area contributed by atoms with Crippen molar-refractivity contribution in [1.29, 1.82) is 0 Å². The molecule has 0 fully saturated rings. The topological polar surface area (TPSA) is 34.1 Å². The van der Waals surface area contributed by atoms with Gasteiger partial charge in [0.1, 0.15) is 0 Å². The van der Waals surface area contributed by atoms with Gasteiger partial charge in [-0.25, -0.2) is 0 Å². The van der Waals surface area contributed by atoms with Crippen molar-refractivity contribution in [2.45, 2.75) is 31.6 Å². The Hall–Kier alpha value is -3.78. The minimum Gasteiger partial charge on any atom is -0.297 e. The molecule has 3 aromatic carbocycles. The normalized spacial score (nSPS) is 30.5. The molecule has 0 radical (unpaired) electrons. The third-order valence-electron chi connectivity index (χ3n) is 8.99. The molecule has 0 heterocycles. The Labute approximate surface area is 205 Å². The van der Waals surface area contributed by atoms with Crippen molar-refractivity contribution in [3.63, 3.8) is 0 Å². The summed E-state index contributed by atoms with van der Waals surface area (Å²) in [6.45, 7) is 4.28. The van der Waals surface area contributed by atoms with E-state index in [4.69, 9.17) is 0 Å². The summed E-state index contributed by atoms with van der Waals surface area (Å²) in [4.78, 5) is 27.5. The fourth-order valence-electron chi connectivity index (χ4n) is 7.71. The average molecular weight is 455 g/mol. The van der Waals surface area contributed by atoms with Crippen LogP contribution in [0.15, 0.2) is 108 Å². The Morgan fingerprint density at radius 3 is 2.06 bits per heavy atom. The molecule has 0 saturated heterocycles. The van der Waals surface area contributed by atoms with Crippen LogP contribution in [-0.4, -0.2) is 11.6 Å². The van der Waals surface area contributed by atoms with Gasteiger partial charge in [0.25, 0.3) is 0 Å². The number of hydrogen-bond acceptors (Lipinski definition) is 2. The molecule has 0 spiro atoms. The van der Waals surface area contributed by atoms with Gasteiger partial charge in [-0.05, 0) is 70.4 Å². The van der Waals surface area contributed by atoms with E-state index >= 15 is 0 Å². The fourth-order valence-corrected chi connectivity index (χ4v) is 7.71. The summed E-state index contributed by atoms with van der Waals surface area (Å²) in [5.74, 6) is 0.312. The summed E-state index contributed by atoms with van der Waals surface area (Å²) in [5, 5.41) is 0. The number of fused-ring (bicyclic) bond motifs is 6. The van der Waals surface area contributed by atoms with Crippen LogP contribution in [0.1, 0.15) is 48.4 Å². The first-order valence-electron chi connectivity index (χ1n) is 12.4. The molecule has 0 N–H and O–H groups in total. The summed E-state index contributed by atoms with van der Waals surface area (Å²) in [6, 6.07) is 29.3. The first-order chi connectivity index (χ1) is 17.0. The van der Waals surface area contributed by atoms with Crippen LogP contribution in [0.4, 0.5) is 0 Å². The predicted molar refractivity (Wildman–Crippen MR) is 139 cm³/mol. The molecule has 170 valence electrons. The van der Waals surface area contributed by atoms with E-state index < -0.39 is 10.8 Å². The van der Waals surface area contributed by atoms with Crippen LogP contribution in [0.3, 0.4) is 0 Å². The molecule has 7 rings (SSSR count). The quantitative estimate of drug-likeness (QED) is 0.432. The first kappa shape index (κ1) is 20.6. The van der Waals surface area contributed by atoms with Gasteiger partial charge >= 0.3 is 0 Å². The molecule has 4 aliphatic carbocycles. The Balaban J connectivity index is 1.72. The molecule has 4 atom stereocenters. The van der Waals surface area contributed by atoms with Crippen molar-refractivity contribution in [2.75, 3.05) is 0 Å². The molecule has 4 bridgehead atoms. The lowest BCUT2D eigenvalue weighted by Gasteiger charge is -2.51. The predicted octanol–water partition coefficient (Wildman–Crippen LogP) is 6.70. The number of carbonyl (C=O) groups excluding carboxylic acids is 2. The van der Waals surface area contributed by atoms with Crippen molar-refractivity contribution in [2.24, 2.45) is 11.3 Å².